The average Bonchev–Trinajstić information content (AvgIpc) is 3.03. The topological polar surface area (TPSA) is 112 Å². The Kier molecular flexibility index (Phi) is 8.58. The first-order valence-corrected chi connectivity index (χ1v) is 10.2. The summed E-state index contributed by atoms with van der Waals surface area (Å²) in [5, 5.41) is 2.80. The fourth-order valence-electron chi connectivity index (χ4n) is 2.58. The molecule has 0 unspecified atom stereocenters. The van der Waals surface area contributed by atoms with Crippen molar-refractivity contribution in [2.24, 2.45) is 0 Å². The van der Waals surface area contributed by atoms with E-state index in [1.54, 1.807) is 25.1 Å². The second-order valence-electron chi connectivity index (χ2n) is 6.18. The largest absolute Gasteiger partial charge is 0.462 e. The minimum atomic E-state index is -0.812. The van der Waals surface area contributed by atoms with Crippen LogP contribution in [0.1, 0.15) is 45.9 Å². The summed E-state index contributed by atoms with van der Waals surface area (Å²) in [7, 11) is 0. The van der Waals surface area contributed by atoms with Gasteiger partial charge in [-0.1, -0.05) is 17.7 Å². The lowest BCUT2D eigenvalue weighted by atomic mass is 10.1. The first-order chi connectivity index (χ1) is 14.6. The molecule has 1 amide bonds. The molecule has 2 aromatic rings. The highest BCUT2D eigenvalue weighted by atomic mass is 79.9. The van der Waals surface area contributed by atoms with Crippen molar-refractivity contribution in [3.05, 3.63) is 56.2 Å². The number of ketones is 1. The lowest BCUT2D eigenvalue weighted by Crippen LogP contribution is -2.21. The molecule has 0 fully saturated rings. The summed E-state index contributed by atoms with van der Waals surface area (Å²) >= 11 is 9.25. The molecule has 10 heteroatoms. The highest BCUT2D eigenvalue weighted by Crippen LogP contribution is 2.28. The summed E-state index contributed by atoms with van der Waals surface area (Å²) in [6, 6.07) is 5.10. The van der Waals surface area contributed by atoms with Gasteiger partial charge in [-0.15, -0.1) is 0 Å². The zero-order valence-electron chi connectivity index (χ0n) is 16.9. The quantitative estimate of drug-likeness (QED) is 0.313. The van der Waals surface area contributed by atoms with E-state index in [1.165, 1.54) is 19.9 Å². The van der Waals surface area contributed by atoms with E-state index in [2.05, 4.69) is 21.2 Å². The number of Topliss-reactive ketones (excluding diaryl/α,β-unsaturated/α-hetero) is 1. The Morgan fingerprint density at radius 2 is 1.90 bits per heavy atom. The zero-order valence-corrected chi connectivity index (χ0v) is 19.3. The smallest absolute Gasteiger partial charge is 0.344 e. The number of amides is 1. The predicted octanol–water partition coefficient (Wildman–Crippen LogP) is 4.58. The number of carbonyl (C=O) groups excluding carboxylic acids is 4. The number of halogens is 2. The van der Waals surface area contributed by atoms with Crippen LogP contribution in [0.3, 0.4) is 0 Å². The molecule has 1 aromatic carbocycles. The average molecular weight is 513 g/mol. The molecule has 0 spiro atoms. The molecule has 0 aliphatic carbocycles. The second kappa shape index (κ2) is 10.9. The van der Waals surface area contributed by atoms with Crippen molar-refractivity contribution in [1.29, 1.82) is 0 Å². The van der Waals surface area contributed by atoms with E-state index < -0.39 is 30.2 Å². The third-order valence-electron chi connectivity index (χ3n) is 3.87. The number of aryl methyl sites for hydroxylation is 1. The van der Waals surface area contributed by atoms with Crippen LogP contribution in [0.2, 0.25) is 5.02 Å². The van der Waals surface area contributed by atoms with E-state index in [-0.39, 0.29) is 29.4 Å². The number of esters is 2. The van der Waals surface area contributed by atoms with Crippen LogP contribution in [0, 0.1) is 6.92 Å². The number of benzene rings is 1. The van der Waals surface area contributed by atoms with Gasteiger partial charge in [-0.05, 0) is 60.5 Å². The highest BCUT2D eigenvalue weighted by Gasteiger charge is 2.28. The molecule has 1 aromatic heterocycles. The van der Waals surface area contributed by atoms with Crippen molar-refractivity contribution in [3.63, 3.8) is 0 Å². The van der Waals surface area contributed by atoms with Crippen LogP contribution in [0.4, 0.5) is 5.88 Å². The Bertz CT molecular complexity index is 1060. The Hall–Kier alpha value is -2.91. The van der Waals surface area contributed by atoms with Crippen molar-refractivity contribution >= 4 is 63.1 Å². The minimum absolute atomic E-state index is 0.0156. The Morgan fingerprint density at radius 3 is 2.52 bits per heavy atom. The van der Waals surface area contributed by atoms with Crippen molar-refractivity contribution in [2.75, 3.05) is 18.5 Å². The lowest BCUT2D eigenvalue weighted by Gasteiger charge is -2.06. The van der Waals surface area contributed by atoms with Crippen LogP contribution in [0.25, 0.3) is 6.08 Å². The van der Waals surface area contributed by atoms with Gasteiger partial charge in [-0.25, -0.2) is 9.59 Å². The normalized spacial score (nSPS) is 10.7. The molecule has 0 atom stereocenters. The molecule has 0 bridgehead atoms. The number of carbonyl (C=O) groups is 4. The number of ether oxygens (including phenoxy) is 2. The molecule has 0 aliphatic rings. The summed E-state index contributed by atoms with van der Waals surface area (Å²) in [4.78, 5) is 48.1. The van der Waals surface area contributed by atoms with Crippen LogP contribution in [-0.4, -0.2) is 36.8 Å². The summed E-state index contributed by atoms with van der Waals surface area (Å²) < 4.78 is 15.9. The molecule has 164 valence electrons. The van der Waals surface area contributed by atoms with Crippen molar-refractivity contribution in [1.82, 2.24) is 0 Å². The lowest BCUT2D eigenvalue weighted by molar-refractivity contribution is -0.142. The third kappa shape index (κ3) is 6.53. The second-order valence-corrected chi connectivity index (χ2v) is 7.44. The molecule has 0 saturated heterocycles. The number of nitrogens with one attached hydrogen (secondary N) is 1. The first kappa shape index (κ1) is 24.4. The van der Waals surface area contributed by atoms with Gasteiger partial charge in [-0.3, -0.25) is 14.9 Å². The molecule has 0 aliphatic heterocycles. The zero-order chi connectivity index (χ0) is 23.1. The highest BCUT2D eigenvalue weighted by molar-refractivity contribution is 9.10. The van der Waals surface area contributed by atoms with Gasteiger partial charge in [0.05, 0.1) is 17.2 Å². The van der Waals surface area contributed by atoms with Gasteiger partial charge in [0.25, 0.3) is 5.91 Å². The van der Waals surface area contributed by atoms with Crippen LogP contribution < -0.4 is 5.32 Å². The standard InChI is InChI=1S/C21H19BrClNO7/c1-4-29-21(28)19-18(11(2)25)12(3)31-20(19)24-16(26)10-30-17(27)8-6-13-5-7-14(22)15(23)9-13/h5-9H,4,10H2,1-3H3,(H,24,26). The third-order valence-corrected chi connectivity index (χ3v) is 5.10. The van der Waals surface area contributed by atoms with E-state index in [0.29, 0.717) is 15.1 Å². The molecule has 31 heavy (non-hydrogen) atoms. The van der Waals surface area contributed by atoms with Crippen molar-refractivity contribution < 1.29 is 33.1 Å². The van der Waals surface area contributed by atoms with Gasteiger partial charge in [-0.2, -0.15) is 0 Å². The van der Waals surface area contributed by atoms with Gasteiger partial charge in [0.15, 0.2) is 12.4 Å². The number of rotatable bonds is 8. The maximum absolute atomic E-state index is 12.2. The Labute approximate surface area is 191 Å². The van der Waals surface area contributed by atoms with E-state index >= 15 is 0 Å². The Morgan fingerprint density at radius 1 is 1.19 bits per heavy atom. The Balaban J connectivity index is 2.04. The van der Waals surface area contributed by atoms with Gasteiger partial charge in [0, 0.05) is 10.5 Å². The molecular formula is C21H19BrClNO7. The summed E-state index contributed by atoms with van der Waals surface area (Å²) in [5.41, 5.74) is 0.497. The number of hydrogen-bond donors (Lipinski definition) is 1. The predicted molar refractivity (Wildman–Crippen MR) is 117 cm³/mol. The van der Waals surface area contributed by atoms with Gasteiger partial charge >= 0.3 is 11.9 Å². The van der Waals surface area contributed by atoms with Crippen LogP contribution in [0.5, 0.6) is 0 Å². The molecule has 0 radical (unpaired) electrons. The molecule has 8 nitrogen and oxygen atoms in total. The molecular weight excluding hydrogens is 494 g/mol. The maximum atomic E-state index is 12.2. The monoisotopic (exact) mass is 511 g/mol. The SMILES string of the molecule is CCOC(=O)c1c(NC(=O)COC(=O)C=Cc2ccc(Br)c(Cl)c2)oc(C)c1C(C)=O. The van der Waals surface area contributed by atoms with Gasteiger partial charge in [0.1, 0.15) is 11.3 Å². The first-order valence-electron chi connectivity index (χ1n) is 9.05. The van der Waals surface area contributed by atoms with Crippen molar-refractivity contribution in [3.8, 4) is 0 Å². The summed E-state index contributed by atoms with van der Waals surface area (Å²) in [6.07, 6.45) is 2.62. The summed E-state index contributed by atoms with van der Waals surface area (Å²) in [5.74, 6) is -2.86. The van der Waals surface area contributed by atoms with Gasteiger partial charge in [0.2, 0.25) is 5.88 Å². The van der Waals surface area contributed by atoms with Crippen molar-refractivity contribution in [2.45, 2.75) is 20.8 Å². The maximum Gasteiger partial charge on any atom is 0.344 e. The van der Waals surface area contributed by atoms with E-state index in [4.69, 9.17) is 25.5 Å². The molecule has 1 heterocycles. The van der Waals surface area contributed by atoms with Crippen LogP contribution >= 0.6 is 27.5 Å². The molecule has 1 N–H and O–H groups in total. The van der Waals surface area contributed by atoms with E-state index in [0.717, 1.165) is 6.08 Å². The fourth-order valence-corrected chi connectivity index (χ4v) is 3.02. The molecule has 0 saturated carbocycles. The fraction of sp³-hybridized carbons (Fsp3) is 0.238. The minimum Gasteiger partial charge on any atom is -0.462 e. The van der Waals surface area contributed by atoms with Crippen LogP contribution in [-0.2, 0) is 19.1 Å². The number of hydrogen-bond acceptors (Lipinski definition) is 7. The van der Waals surface area contributed by atoms with Gasteiger partial charge < -0.3 is 13.9 Å². The van der Waals surface area contributed by atoms with E-state index in [1.807, 2.05) is 0 Å². The van der Waals surface area contributed by atoms with Crippen LogP contribution in [0.15, 0.2) is 33.2 Å². The number of furan rings is 1. The van der Waals surface area contributed by atoms with E-state index in [9.17, 15) is 19.2 Å². The number of anilines is 1. The summed E-state index contributed by atoms with van der Waals surface area (Å²) in [6.45, 7) is 3.78. The molecule has 2 rings (SSSR count).